The van der Waals surface area contributed by atoms with Gasteiger partial charge in [0.15, 0.2) is 5.76 Å². The van der Waals surface area contributed by atoms with E-state index in [9.17, 15) is 4.79 Å². The molecule has 0 saturated heterocycles. The van der Waals surface area contributed by atoms with E-state index in [1.54, 1.807) is 24.3 Å². The Morgan fingerprint density at radius 1 is 1.39 bits per heavy atom. The summed E-state index contributed by atoms with van der Waals surface area (Å²) in [5.41, 5.74) is 1.40. The molecule has 0 atom stereocenters. The van der Waals surface area contributed by atoms with Gasteiger partial charge in [-0.3, -0.25) is 4.79 Å². The lowest BCUT2D eigenvalue weighted by molar-refractivity contribution is 0.101. The number of furan rings is 1. The predicted octanol–water partition coefficient (Wildman–Crippen LogP) is 3.98. The Morgan fingerprint density at radius 2 is 2.17 bits per heavy atom. The monoisotopic (exact) mass is 308 g/mol. The van der Waals surface area contributed by atoms with Crippen LogP contribution >= 0.6 is 15.9 Å². The summed E-state index contributed by atoms with van der Waals surface area (Å²) in [5, 5.41) is 0. The zero-order valence-electron chi connectivity index (χ0n) is 10.2. The van der Waals surface area contributed by atoms with Crippen LogP contribution in [0.3, 0.4) is 0 Å². The van der Waals surface area contributed by atoms with Crippen molar-refractivity contribution in [1.82, 2.24) is 0 Å². The third kappa shape index (κ3) is 2.48. The second-order valence-electron chi connectivity index (χ2n) is 3.84. The number of hydrogen-bond donors (Lipinski definition) is 0. The predicted molar refractivity (Wildman–Crippen MR) is 72.2 cm³/mol. The van der Waals surface area contributed by atoms with Gasteiger partial charge in [0.1, 0.15) is 5.75 Å². The summed E-state index contributed by atoms with van der Waals surface area (Å²) in [5.74, 6) is 0.976. The van der Waals surface area contributed by atoms with E-state index >= 15 is 0 Å². The van der Waals surface area contributed by atoms with E-state index in [4.69, 9.17) is 9.15 Å². The molecule has 0 radical (unpaired) electrons. The van der Waals surface area contributed by atoms with E-state index in [1.165, 1.54) is 6.26 Å². The van der Waals surface area contributed by atoms with Crippen LogP contribution in [0.2, 0.25) is 0 Å². The highest BCUT2D eigenvalue weighted by Crippen LogP contribution is 2.26. The van der Waals surface area contributed by atoms with Crippen molar-refractivity contribution < 1.29 is 13.9 Å². The topological polar surface area (TPSA) is 39.4 Å². The van der Waals surface area contributed by atoms with Gasteiger partial charge >= 0.3 is 0 Å². The van der Waals surface area contributed by atoms with Crippen LogP contribution in [0.5, 0.6) is 5.75 Å². The van der Waals surface area contributed by atoms with Crippen molar-refractivity contribution in [3.63, 3.8) is 0 Å². The fourth-order valence-electron chi connectivity index (χ4n) is 1.66. The molecule has 1 aromatic heterocycles. The molecule has 4 heteroatoms. The molecule has 3 nitrogen and oxygen atoms in total. The molecule has 1 aromatic carbocycles. The summed E-state index contributed by atoms with van der Waals surface area (Å²) in [4.78, 5) is 12.3. The second kappa shape index (κ2) is 5.40. The first-order valence-corrected chi connectivity index (χ1v) is 6.44. The van der Waals surface area contributed by atoms with Crippen molar-refractivity contribution in [3.8, 4) is 5.75 Å². The lowest BCUT2D eigenvalue weighted by Crippen LogP contribution is -2.03. The Hall–Kier alpha value is -1.55. The number of aryl methyl sites for hydroxylation is 1. The maximum atomic E-state index is 12.3. The third-order valence-corrected chi connectivity index (χ3v) is 3.22. The molecule has 0 aliphatic rings. The summed E-state index contributed by atoms with van der Waals surface area (Å²) < 4.78 is 11.3. The summed E-state index contributed by atoms with van der Waals surface area (Å²) >= 11 is 3.39. The van der Waals surface area contributed by atoms with Gasteiger partial charge in [-0.2, -0.15) is 0 Å². The van der Waals surface area contributed by atoms with Gasteiger partial charge in [-0.15, -0.1) is 0 Å². The third-order valence-electron chi connectivity index (χ3n) is 2.56. The highest BCUT2D eigenvalue weighted by molar-refractivity contribution is 9.10. The van der Waals surface area contributed by atoms with Gasteiger partial charge in [0, 0.05) is 10.0 Å². The van der Waals surface area contributed by atoms with E-state index in [0.29, 0.717) is 22.4 Å². The molecule has 2 aromatic rings. The maximum absolute atomic E-state index is 12.3. The summed E-state index contributed by atoms with van der Waals surface area (Å²) in [6, 6.07) is 7.07. The van der Waals surface area contributed by atoms with Crippen LogP contribution in [0.1, 0.15) is 28.6 Å². The molecule has 0 saturated carbocycles. The number of carbonyl (C=O) groups excluding carboxylic acids is 1. The molecule has 1 heterocycles. The molecule has 2 rings (SSSR count). The highest BCUT2D eigenvalue weighted by atomic mass is 79.9. The minimum Gasteiger partial charge on any atom is -0.494 e. The van der Waals surface area contributed by atoms with E-state index in [-0.39, 0.29) is 5.78 Å². The molecule has 0 amide bonds. The Kier molecular flexibility index (Phi) is 3.87. The average Bonchev–Trinajstić information content (AvgIpc) is 2.75. The molecule has 0 aliphatic carbocycles. The average molecular weight is 309 g/mol. The van der Waals surface area contributed by atoms with Crippen molar-refractivity contribution in [2.24, 2.45) is 0 Å². The molecule has 0 bridgehead atoms. The van der Waals surface area contributed by atoms with Crippen molar-refractivity contribution in [2.75, 3.05) is 6.61 Å². The van der Waals surface area contributed by atoms with E-state index < -0.39 is 0 Å². The van der Waals surface area contributed by atoms with Gasteiger partial charge in [-0.1, -0.05) is 0 Å². The maximum Gasteiger partial charge on any atom is 0.229 e. The standard InChI is InChI=1S/C14H13BrO3/c1-3-17-10-4-5-11(12(15)8-10)13(16)14-9(2)6-7-18-14/h4-8H,3H2,1-2H3. The van der Waals surface area contributed by atoms with Crippen molar-refractivity contribution >= 4 is 21.7 Å². The quantitative estimate of drug-likeness (QED) is 0.802. The van der Waals surface area contributed by atoms with Crippen LogP contribution in [0.15, 0.2) is 39.4 Å². The van der Waals surface area contributed by atoms with Crippen LogP contribution < -0.4 is 4.74 Å². The van der Waals surface area contributed by atoms with Gasteiger partial charge in [0.25, 0.3) is 0 Å². The van der Waals surface area contributed by atoms with Crippen molar-refractivity contribution in [1.29, 1.82) is 0 Å². The molecular weight excluding hydrogens is 296 g/mol. The minimum absolute atomic E-state index is 0.132. The van der Waals surface area contributed by atoms with Crippen LogP contribution in [-0.4, -0.2) is 12.4 Å². The van der Waals surface area contributed by atoms with Crippen LogP contribution in [-0.2, 0) is 0 Å². The highest BCUT2D eigenvalue weighted by Gasteiger charge is 2.18. The number of rotatable bonds is 4. The van der Waals surface area contributed by atoms with Crippen molar-refractivity contribution in [2.45, 2.75) is 13.8 Å². The summed E-state index contributed by atoms with van der Waals surface area (Å²) in [6.07, 6.45) is 1.52. The fraction of sp³-hybridized carbons (Fsp3) is 0.214. The van der Waals surface area contributed by atoms with Gasteiger partial charge in [0.05, 0.1) is 12.9 Å². The van der Waals surface area contributed by atoms with Gasteiger partial charge < -0.3 is 9.15 Å². The number of benzene rings is 1. The lowest BCUT2D eigenvalue weighted by atomic mass is 10.1. The Bertz CT molecular complexity index is 572. The molecule has 0 N–H and O–H groups in total. The number of hydrogen-bond acceptors (Lipinski definition) is 3. The first-order valence-electron chi connectivity index (χ1n) is 5.64. The molecular formula is C14H13BrO3. The van der Waals surface area contributed by atoms with E-state index in [0.717, 1.165) is 11.3 Å². The molecule has 0 aliphatic heterocycles. The molecule has 94 valence electrons. The Morgan fingerprint density at radius 3 is 2.72 bits per heavy atom. The Balaban J connectivity index is 2.34. The molecule has 0 fully saturated rings. The van der Waals surface area contributed by atoms with Crippen LogP contribution in [0.25, 0.3) is 0 Å². The minimum atomic E-state index is -0.132. The largest absolute Gasteiger partial charge is 0.494 e. The molecule has 0 unspecified atom stereocenters. The normalized spacial score (nSPS) is 10.4. The Labute approximate surface area is 114 Å². The van der Waals surface area contributed by atoms with Crippen LogP contribution in [0, 0.1) is 6.92 Å². The number of carbonyl (C=O) groups is 1. The molecule has 18 heavy (non-hydrogen) atoms. The summed E-state index contributed by atoms with van der Waals surface area (Å²) in [6.45, 7) is 4.36. The van der Waals surface area contributed by atoms with Gasteiger partial charge in [-0.25, -0.2) is 0 Å². The number of ether oxygens (including phenoxy) is 1. The fourth-order valence-corrected chi connectivity index (χ4v) is 2.20. The number of halogens is 1. The zero-order valence-corrected chi connectivity index (χ0v) is 11.8. The smallest absolute Gasteiger partial charge is 0.229 e. The van der Waals surface area contributed by atoms with Crippen LogP contribution in [0.4, 0.5) is 0 Å². The van der Waals surface area contributed by atoms with E-state index in [2.05, 4.69) is 15.9 Å². The molecule has 0 spiro atoms. The van der Waals surface area contributed by atoms with Gasteiger partial charge in [0.2, 0.25) is 5.78 Å². The SMILES string of the molecule is CCOc1ccc(C(=O)c2occc2C)c(Br)c1. The number of ketones is 1. The zero-order chi connectivity index (χ0) is 13.1. The first kappa shape index (κ1) is 12.9. The van der Waals surface area contributed by atoms with E-state index in [1.807, 2.05) is 13.8 Å². The first-order chi connectivity index (χ1) is 8.63. The van der Waals surface area contributed by atoms with Gasteiger partial charge in [-0.05, 0) is 59.6 Å². The lowest BCUT2D eigenvalue weighted by Gasteiger charge is -2.06. The summed E-state index contributed by atoms with van der Waals surface area (Å²) in [7, 11) is 0. The second-order valence-corrected chi connectivity index (χ2v) is 4.69. The van der Waals surface area contributed by atoms with Crippen molar-refractivity contribution in [3.05, 3.63) is 51.9 Å².